The van der Waals surface area contributed by atoms with Crippen LogP contribution in [0.15, 0.2) is 21.2 Å². The molecule has 1 amide bonds. The van der Waals surface area contributed by atoms with Gasteiger partial charge in [-0.05, 0) is 40.5 Å². The zero-order valence-corrected chi connectivity index (χ0v) is 16.8. The highest BCUT2D eigenvalue weighted by atomic mass is 79.9. The summed E-state index contributed by atoms with van der Waals surface area (Å²) < 4.78 is 19.5. The summed E-state index contributed by atoms with van der Waals surface area (Å²) in [5.41, 5.74) is 0.337. The molecule has 9 nitrogen and oxygen atoms in total. The van der Waals surface area contributed by atoms with Gasteiger partial charge in [-0.15, -0.1) is 11.3 Å². The Morgan fingerprint density at radius 1 is 1.11 bits per heavy atom. The fraction of sp³-hybridized carbons (Fsp3) is 0.250. The zero-order chi connectivity index (χ0) is 20.1. The van der Waals surface area contributed by atoms with Gasteiger partial charge in [0.15, 0.2) is 11.3 Å². The molecule has 144 valence electrons. The summed E-state index contributed by atoms with van der Waals surface area (Å²) in [5, 5.41) is 2.52. The molecule has 0 fully saturated rings. The van der Waals surface area contributed by atoms with Crippen LogP contribution in [-0.2, 0) is 19.0 Å². The minimum absolute atomic E-state index is 0.0255. The van der Waals surface area contributed by atoms with E-state index >= 15 is 0 Å². The third-order valence-electron chi connectivity index (χ3n) is 3.27. The van der Waals surface area contributed by atoms with Crippen molar-refractivity contribution in [3.05, 3.63) is 38.6 Å². The standard InChI is InChI=1S/C16H14BrNO8S/c1-7-11(15(21)23-2)13(27-12(7)16(22)24-3)18-10(19)6-25-14(20)8-4-5-9(17)26-8/h4-5H,6H2,1-3H3,(H,18,19). The van der Waals surface area contributed by atoms with Gasteiger partial charge in [0.05, 0.1) is 19.8 Å². The number of anilines is 1. The van der Waals surface area contributed by atoms with Crippen LogP contribution in [0.5, 0.6) is 0 Å². The lowest BCUT2D eigenvalue weighted by Crippen LogP contribution is -2.21. The highest BCUT2D eigenvalue weighted by Gasteiger charge is 2.27. The van der Waals surface area contributed by atoms with Gasteiger partial charge in [-0.25, -0.2) is 14.4 Å². The molecule has 11 heteroatoms. The Hall–Kier alpha value is -2.66. The van der Waals surface area contributed by atoms with Crippen LogP contribution in [0.1, 0.15) is 36.1 Å². The lowest BCUT2D eigenvalue weighted by Gasteiger charge is -2.06. The number of hydrogen-bond acceptors (Lipinski definition) is 9. The first-order valence-electron chi connectivity index (χ1n) is 7.30. The molecule has 0 aliphatic heterocycles. The second-order valence-electron chi connectivity index (χ2n) is 4.97. The van der Waals surface area contributed by atoms with Crippen molar-refractivity contribution in [2.24, 2.45) is 0 Å². The van der Waals surface area contributed by atoms with Gasteiger partial charge in [0, 0.05) is 0 Å². The number of furan rings is 1. The van der Waals surface area contributed by atoms with Crippen molar-refractivity contribution in [1.29, 1.82) is 0 Å². The van der Waals surface area contributed by atoms with E-state index in [1.54, 1.807) is 0 Å². The number of hydrogen-bond donors (Lipinski definition) is 1. The number of esters is 3. The van der Waals surface area contributed by atoms with Gasteiger partial charge in [0.1, 0.15) is 9.88 Å². The van der Waals surface area contributed by atoms with E-state index in [-0.39, 0.29) is 21.2 Å². The molecule has 0 spiro atoms. The first-order valence-corrected chi connectivity index (χ1v) is 8.91. The van der Waals surface area contributed by atoms with Crippen molar-refractivity contribution < 1.29 is 37.8 Å². The Balaban J connectivity index is 2.13. The van der Waals surface area contributed by atoms with Crippen molar-refractivity contribution in [2.45, 2.75) is 6.92 Å². The Labute approximate surface area is 165 Å². The van der Waals surface area contributed by atoms with E-state index in [4.69, 9.17) is 9.15 Å². The number of halogens is 1. The van der Waals surface area contributed by atoms with Crippen molar-refractivity contribution in [2.75, 3.05) is 26.1 Å². The van der Waals surface area contributed by atoms with E-state index < -0.39 is 30.4 Å². The molecule has 27 heavy (non-hydrogen) atoms. The quantitative estimate of drug-likeness (QED) is 0.516. The molecule has 0 bridgehead atoms. The Morgan fingerprint density at radius 2 is 1.78 bits per heavy atom. The average molecular weight is 460 g/mol. The van der Waals surface area contributed by atoms with Crippen molar-refractivity contribution >= 4 is 56.1 Å². The molecule has 2 heterocycles. The van der Waals surface area contributed by atoms with E-state index in [0.29, 0.717) is 10.2 Å². The van der Waals surface area contributed by atoms with Gasteiger partial charge in [0.25, 0.3) is 5.91 Å². The molecule has 2 aromatic heterocycles. The second kappa shape index (κ2) is 8.82. The zero-order valence-electron chi connectivity index (χ0n) is 14.4. The van der Waals surface area contributed by atoms with E-state index in [2.05, 4.69) is 30.7 Å². The molecule has 0 aliphatic carbocycles. The van der Waals surface area contributed by atoms with E-state index in [1.165, 1.54) is 33.3 Å². The summed E-state index contributed by atoms with van der Waals surface area (Å²) in [6, 6.07) is 2.88. The SMILES string of the molecule is COC(=O)c1sc(NC(=O)COC(=O)c2ccc(Br)o2)c(C(=O)OC)c1C. The summed E-state index contributed by atoms with van der Waals surface area (Å²) in [5.74, 6) is -3.01. The number of thiophene rings is 1. The summed E-state index contributed by atoms with van der Waals surface area (Å²) in [6.07, 6.45) is 0. The van der Waals surface area contributed by atoms with Crippen LogP contribution < -0.4 is 5.32 Å². The number of ether oxygens (including phenoxy) is 3. The number of amides is 1. The number of methoxy groups -OCH3 is 2. The van der Waals surface area contributed by atoms with Crippen LogP contribution in [-0.4, -0.2) is 44.6 Å². The summed E-state index contributed by atoms with van der Waals surface area (Å²) in [4.78, 5) is 47.8. The number of rotatable bonds is 6. The minimum Gasteiger partial charge on any atom is -0.465 e. The fourth-order valence-electron chi connectivity index (χ4n) is 2.03. The van der Waals surface area contributed by atoms with Gasteiger partial charge in [-0.3, -0.25) is 4.79 Å². The van der Waals surface area contributed by atoms with Crippen LogP contribution in [0.3, 0.4) is 0 Å². The summed E-state index contributed by atoms with van der Waals surface area (Å²) in [6.45, 7) is 0.904. The maximum absolute atomic E-state index is 12.1. The monoisotopic (exact) mass is 459 g/mol. The molecule has 0 saturated heterocycles. The predicted molar refractivity (Wildman–Crippen MR) is 97.1 cm³/mol. The van der Waals surface area contributed by atoms with Crippen molar-refractivity contribution in [3.63, 3.8) is 0 Å². The minimum atomic E-state index is -0.832. The van der Waals surface area contributed by atoms with E-state index in [9.17, 15) is 19.2 Å². The molecule has 1 N–H and O–H groups in total. The maximum atomic E-state index is 12.1. The molecule has 2 aromatic rings. The largest absolute Gasteiger partial charge is 0.465 e. The molecule has 0 atom stereocenters. The van der Waals surface area contributed by atoms with Crippen LogP contribution >= 0.6 is 27.3 Å². The fourth-order valence-corrected chi connectivity index (χ4v) is 3.46. The highest BCUT2D eigenvalue weighted by Crippen LogP contribution is 2.34. The van der Waals surface area contributed by atoms with E-state index in [1.807, 2.05) is 0 Å². The third-order valence-corrected chi connectivity index (χ3v) is 4.88. The Bertz CT molecular complexity index is 900. The van der Waals surface area contributed by atoms with Gasteiger partial charge in [-0.2, -0.15) is 0 Å². The molecular weight excluding hydrogens is 446 g/mol. The number of carbonyl (C=O) groups excluding carboxylic acids is 4. The van der Waals surface area contributed by atoms with Crippen LogP contribution in [0.2, 0.25) is 0 Å². The third kappa shape index (κ3) is 4.74. The molecule has 0 radical (unpaired) electrons. The van der Waals surface area contributed by atoms with Crippen LogP contribution in [0, 0.1) is 6.92 Å². The van der Waals surface area contributed by atoms with Crippen molar-refractivity contribution in [1.82, 2.24) is 0 Å². The summed E-state index contributed by atoms with van der Waals surface area (Å²) in [7, 11) is 2.37. The topological polar surface area (TPSA) is 121 Å². The van der Waals surface area contributed by atoms with Gasteiger partial charge in [-0.1, -0.05) is 0 Å². The Kier molecular flexibility index (Phi) is 6.75. The molecule has 0 aliphatic rings. The summed E-state index contributed by atoms with van der Waals surface area (Å²) >= 11 is 3.90. The molecule has 0 unspecified atom stereocenters. The van der Waals surface area contributed by atoms with Gasteiger partial charge < -0.3 is 23.9 Å². The van der Waals surface area contributed by atoms with E-state index in [0.717, 1.165) is 11.3 Å². The molecular formula is C16H14BrNO8S. The average Bonchev–Trinajstić information content (AvgIpc) is 3.22. The number of nitrogens with one attached hydrogen (secondary N) is 1. The highest BCUT2D eigenvalue weighted by molar-refractivity contribution is 9.10. The first kappa shape index (κ1) is 20.6. The molecule has 2 rings (SSSR count). The van der Waals surface area contributed by atoms with Crippen molar-refractivity contribution in [3.8, 4) is 0 Å². The Morgan fingerprint density at radius 3 is 2.33 bits per heavy atom. The normalized spacial score (nSPS) is 10.2. The smallest absolute Gasteiger partial charge is 0.374 e. The molecule has 0 saturated carbocycles. The maximum Gasteiger partial charge on any atom is 0.374 e. The lowest BCUT2D eigenvalue weighted by molar-refractivity contribution is -0.119. The lowest BCUT2D eigenvalue weighted by atomic mass is 10.1. The van der Waals surface area contributed by atoms with Gasteiger partial charge >= 0.3 is 17.9 Å². The van der Waals surface area contributed by atoms with Crippen LogP contribution in [0.4, 0.5) is 5.00 Å². The van der Waals surface area contributed by atoms with Gasteiger partial charge in [0.2, 0.25) is 5.76 Å². The number of carbonyl (C=O) groups is 4. The van der Waals surface area contributed by atoms with Crippen LogP contribution in [0.25, 0.3) is 0 Å². The first-order chi connectivity index (χ1) is 12.8. The second-order valence-corrected chi connectivity index (χ2v) is 6.77. The molecule has 0 aromatic carbocycles. The predicted octanol–water partition coefficient (Wildman–Crippen LogP) is 2.78.